The third kappa shape index (κ3) is 37.0. The zero-order chi connectivity index (χ0) is 49.6. The summed E-state index contributed by atoms with van der Waals surface area (Å²) in [5.41, 5.74) is 0. The molecular formula is C57H107NO10. The third-order valence-corrected chi connectivity index (χ3v) is 13.6. The van der Waals surface area contributed by atoms with Gasteiger partial charge in [-0.2, -0.15) is 0 Å². The van der Waals surface area contributed by atoms with Gasteiger partial charge in [-0.15, -0.1) is 0 Å². The van der Waals surface area contributed by atoms with Crippen LogP contribution in [0.2, 0.25) is 0 Å². The molecule has 7 atom stereocenters. The van der Waals surface area contributed by atoms with E-state index in [0.29, 0.717) is 19.4 Å². The molecule has 0 aromatic rings. The van der Waals surface area contributed by atoms with E-state index < -0.39 is 49.5 Å². The summed E-state index contributed by atoms with van der Waals surface area (Å²) in [4.78, 5) is 25.1. The quantitative estimate of drug-likeness (QED) is 0.0196. The van der Waals surface area contributed by atoms with Crippen molar-refractivity contribution in [1.29, 1.82) is 0 Å². The van der Waals surface area contributed by atoms with Crippen LogP contribution in [-0.2, 0) is 23.8 Å². The van der Waals surface area contributed by atoms with E-state index in [2.05, 4.69) is 31.3 Å². The Balaban J connectivity index is 2.17. The first-order valence-corrected chi connectivity index (χ1v) is 28.6. The number of nitrogens with one attached hydrogen (secondary N) is 1. The predicted octanol–water partition coefficient (Wildman–Crippen LogP) is 12.6. The van der Waals surface area contributed by atoms with Crippen molar-refractivity contribution in [2.24, 2.45) is 0 Å². The lowest BCUT2D eigenvalue weighted by molar-refractivity contribution is -0.302. The van der Waals surface area contributed by atoms with Crippen LogP contribution < -0.4 is 5.32 Å². The van der Waals surface area contributed by atoms with Crippen molar-refractivity contribution >= 4 is 11.9 Å². The van der Waals surface area contributed by atoms with E-state index >= 15 is 0 Å². The summed E-state index contributed by atoms with van der Waals surface area (Å²) in [6.07, 6.45) is 45.3. The fourth-order valence-corrected chi connectivity index (χ4v) is 8.94. The summed E-state index contributed by atoms with van der Waals surface area (Å²) in [7, 11) is 0. The number of esters is 1. The number of carbonyl (C=O) groups is 2. The molecule has 0 aliphatic carbocycles. The lowest BCUT2D eigenvalue weighted by Gasteiger charge is -2.40. The molecule has 1 saturated heterocycles. The van der Waals surface area contributed by atoms with Gasteiger partial charge in [0.2, 0.25) is 5.91 Å². The van der Waals surface area contributed by atoms with Crippen molar-refractivity contribution in [1.82, 2.24) is 5.32 Å². The molecule has 1 aliphatic heterocycles. The molecule has 6 N–H and O–H groups in total. The van der Waals surface area contributed by atoms with Gasteiger partial charge in [-0.3, -0.25) is 9.59 Å². The van der Waals surface area contributed by atoms with Gasteiger partial charge in [0.25, 0.3) is 0 Å². The molecule has 1 aliphatic rings. The van der Waals surface area contributed by atoms with Crippen LogP contribution in [0.1, 0.15) is 264 Å². The van der Waals surface area contributed by atoms with Crippen LogP contribution in [0, 0.1) is 0 Å². The van der Waals surface area contributed by atoms with Crippen LogP contribution >= 0.6 is 0 Å². The Hall–Kier alpha value is -1.86. The van der Waals surface area contributed by atoms with Crippen molar-refractivity contribution < 1.29 is 49.3 Å². The van der Waals surface area contributed by atoms with Crippen LogP contribution in [0.25, 0.3) is 0 Å². The van der Waals surface area contributed by atoms with Crippen molar-refractivity contribution in [2.45, 2.75) is 307 Å². The molecule has 1 fully saturated rings. The second-order valence-corrected chi connectivity index (χ2v) is 20.0. The average Bonchev–Trinajstić information content (AvgIpc) is 3.33. The number of amides is 1. The molecule has 0 radical (unpaired) electrons. The molecule has 1 heterocycles. The molecule has 7 unspecified atom stereocenters. The molecule has 0 bridgehead atoms. The zero-order valence-corrected chi connectivity index (χ0v) is 43.8. The Morgan fingerprint density at radius 3 is 1.46 bits per heavy atom. The summed E-state index contributed by atoms with van der Waals surface area (Å²) in [6.45, 7) is 4.28. The van der Waals surface area contributed by atoms with E-state index in [9.17, 15) is 35.1 Å². The number of hydrogen-bond acceptors (Lipinski definition) is 10. The smallest absolute Gasteiger partial charge is 0.305 e. The number of ether oxygens (including phenoxy) is 3. The van der Waals surface area contributed by atoms with E-state index in [4.69, 9.17) is 14.2 Å². The van der Waals surface area contributed by atoms with Crippen LogP contribution in [0.5, 0.6) is 0 Å². The molecule has 1 rings (SSSR count). The number of aliphatic hydroxyl groups excluding tert-OH is 5. The lowest BCUT2D eigenvalue weighted by atomic mass is 9.99. The summed E-state index contributed by atoms with van der Waals surface area (Å²) in [5, 5.41) is 54.4. The minimum Gasteiger partial charge on any atom is -0.466 e. The zero-order valence-electron chi connectivity index (χ0n) is 43.8. The molecule has 0 spiro atoms. The lowest BCUT2D eigenvalue weighted by Crippen LogP contribution is -2.60. The molecule has 0 aromatic carbocycles. The highest BCUT2D eigenvalue weighted by atomic mass is 16.7. The third-order valence-electron chi connectivity index (χ3n) is 13.6. The Labute approximate surface area is 416 Å². The minimum absolute atomic E-state index is 0.0337. The van der Waals surface area contributed by atoms with Gasteiger partial charge in [-0.1, -0.05) is 224 Å². The number of unbranched alkanes of at least 4 members (excludes halogenated alkanes) is 33. The number of carbonyl (C=O) groups excluding carboxylic acids is 2. The van der Waals surface area contributed by atoms with Gasteiger partial charge in [0.05, 0.1) is 32.0 Å². The Bertz CT molecular complexity index is 1180. The highest BCUT2D eigenvalue weighted by Gasteiger charge is 2.44. The maximum Gasteiger partial charge on any atom is 0.305 e. The first-order valence-electron chi connectivity index (χ1n) is 28.6. The van der Waals surface area contributed by atoms with Crippen LogP contribution in [0.15, 0.2) is 24.3 Å². The van der Waals surface area contributed by atoms with E-state index in [1.54, 1.807) is 6.08 Å². The normalized spacial score (nSPS) is 19.5. The van der Waals surface area contributed by atoms with Crippen LogP contribution in [0.4, 0.5) is 0 Å². The summed E-state index contributed by atoms with van der Waals surface area (Å²) in [5.74, 6) is -0.225. The predicted molar refractivity (Wildman–Crippen MR) is 278 cm³/mol. The summed E-state index contributed by atoms with van der Waals surface area (Å²) >= 11 is 0. The first kappa shape index (κ1) is 64.2. The molecule has 400 valence electrons. The van der Waals surface area contributed by atoms with Gasteiger partial charge in [0.15, 0.2) is 6.29 Å². The fourth-order valence-electron chi connectivity index (χ4n) is 8.94. The first-order chi connectivity index (χ1) is 33.2. The number of aliphatic hydroxyl groups is 5. The molecule has 11 heteroatoms. The van der Waals surface area contributed by atoms with Gasteiger partial charge < -0.3 is 45.1 Å². The van der Waals surface area contributed by atoms with Gasteiger partial charge in [-0.25, -0.2) is 0 Å². The second kappa shape index (κ2) is 47.5. The number of rotatable bonds is 49. The van der Waals surface area contributed by atoms with Crippen molar-refractivity contribution in [3.63, 3.8) is 0 Å². The van der Waals surface area contributed by atoms with E-state index in [-0.39, 0.29) is 18.5 Å². The van der Waals surface area contributed by atoms with Crippen molar-refractivity contribution in [2.75, 3.05) is 19.8 Å². The van der Waals surface area contributed by atoms with Crippen molar-refractivity contribution in [3.05, 3.63) is 24.3 Å². The second-order valence-electron chi connectivity index (χ2n) is 20.0. The van der Waals surface area contributed by atoms with Crippen LogP contribution in [-0.4, -0.2) is 100 Å². The van der Waals surface area contributed by atoms with Gasteiger partial charge in [0, 0.05) is 12.8 Å². The van der Waals surface area contributed by atoms with E-state index in [1.807, 2.05) is 6.08 Å². The average molecular weight is 966 g/mol. The molecule has 68 heavy (non-hydrogen) atoms. The van der Waals surface area contributed by atoms with Gasteiger partial charge in [-0.05, 0) is 51.4 Å². The number of allylic oxidation sites excluding steroid dienone is 3. The standard InChI is InChI=1S/C57H107NO10/c1-3-5-7-9-11-13-15-16-17-20-24-27-31-35-39-43-50(60)49(48-67-57-56(65)55(64)54(63)51(47-59)68-57)58-52(61)44-40-36-32-28-25-21-18-19-22-26-30-34-38-42-46-66-53(62)45-41-37-33-29-23-14-12-10-8-6-4-2/h10,12,39,43,49-51,54-57,59-60,63-65H,3-9,11,13-38,40-42,44-48H2,1-2H3,(H,58,61)/b12-10-,43-39+. The van der Waals surface area contributed by atoms with E-state index in [0.717, 1.165) is 70.6 Å². The van der Waals surface area contributed by atoms with Gasteiger partial charge in [0.1, 0.15) is 24.4 Å². The Morgan fingerprint density at radius 2 is 0.956 bits per heavy atom. The monoisotopic (exact) mass is 966 g/mol. The Morgan fingerprint density at radius 1 is 0.529 bits per heavy atom. The molecule has 1 amide bonds. The fraction of sp³-hybridized carbons (Fsp3) is 0.895. The highest BCUT2D eigenvalue weighted by molar-refractivity contribution is 5.76. The van der Waals surface area contributed by atoms with E-state index in [1.165, 1.54) is 167 Å². The molecule has 0 saturated carbocycles. The van der Waals surface area contributed by atoms with Crippen molar-refractivity contribution in [3.8, 4) is 0 Å². The number of hydrogen-bond donors (Lipinski definition) is 6. The molecule has 11 nitrogen and oxygen atoms in total. The largest absolute Gasteiger partial charge is 0.466 e. The summed E-state index contributed by atoms with van der Waals surface area (Å²) in [6, 6.07) is -0.818. The minimum atomic E-state index is -1.57. The Kier molecular flexibility index (Phi) is 44.8. The maximum absolute atomic E-state index is 13.0. The topological polar surface area (TPSA) is 175 Å². The molecule has 0 aromatic heterocycles. The maximum atomic E-state index is 13.0. The SMILES string of the molecule is CCCC/C=C\CCCCCCCC(=O)OCCCCCCCCCCCCCCCCC(=O)NC(COC1OC(CO)C(O)C(O)C1O)C(O)/C=C/CCCCCCCCCCCCCCC. The van der Waals surface area contributed by atoms with Gasteiger partial charge >= 0.3 is 5.97 Å². The van der Waals surface area contributed by atoms with Crippen LogP contribution in [0.3, 0.4) is 0 Å². The molecular weight excluding hydrogens is 859 g/mol. The summed E-state index contributed by atoms with van der Waals surface area (Å²) < 4.78 is 16.7. The highest BCUT2D eigenvalue weighted by Crippen LogP contribution is 2.23.